The van der Waals surface area contributed by atoms with Gasteiger partial charge < -0.3 is 10.1 Å². The number of halogens is 1. The number of hydrogen-bond acceptors (Lipinski definition) is 4. The standard InChI is InChI=1S/C11H10FN3O4S/c1-6-13-5-10(14-6)20(18,19)15-7-2-3-8(11(16)17)9(12)4-7/h2-5,15H,1H3,(H,13,14)(H,16,17). The first-order chi connectivity index (χ1) is 9.29. The van der Waals surface area contributed by atoms with Gasteiger partial charge in [-0.25, -0.2) is 14.2 Å². The maximum Gasteiger partial charge on any atom is 0.338 e. The van der Waals surface area contributed by atoms with Gasteiger partial charge in [-0.3, -0.25) is 4.72 Å². The molecule has 0 aliphatic rings. The lowest BCUT2D eigenvalue weighted by molar-refractivity contribution is 0.0692. The molecule has 20 heavy (non-hydrogen) atoms. The lowest BCUT2D eigenvalue weighted by Gasteiger charge is -2.07. The van der Waals surface area contributed by atoms with E-state index in [9.17, 15) is 17.6 Å². The second kappa shape index (κ2) is 4.93. The van der Waals surface area contributed by atoms with Crippen LogP contribution in [0.4, 0.5) is 10.1 Å². The molecular formula is C11H10FN3O4S. The molecule has 0 amide bonds. The molecule has 2 aromatic rings. The van der Waals surface area contributed by atoms with E-state index in [1.165, 1.54) is 0 Å². The van der Waals surface area contributed by atoms with E-state index in [4.69, 9.17) is 5.11 Å². The minimum Gasteiger partial charge on any atom is -0.478 e. The van der Waals surface area contributed by atoms with Crippen LogP contribution >= 0.6 is 0 Å². The van der Waals surface area contributed by atoms with Crippen molar-refractivity contribution in [2.24, 2.45) is 0 Å². The molecule has 0 atom stereocenters. The Balaban J connectivity index is 2.30. The Bertz CT molecular complexity index is 770. The van der Waals surface area contributed by atoms with Gasteiger partial charge >= 0.3 is 5.97 Å². The summed E-state index contributed by atoms with van der Waals surface area (Å²) in [6, 6.07) is 2.94. The van der Waals surface area contributed by atoms with Gasteiger partial charge in [-0.15, -0.1) is 0 Å². The minimum atomic E-state index is -3.92. The summed E-state index contributed by atoms with van der Waals surface area (Å²) < 4.78 is 39.4. The number of rotatable bonds is 4. The highest BCUT2D eigenvalue weighted by Gasteiger charge is 2.18. The van der Waals surface area contributed by atoms with Crippen molar-refractivity contribution >= 4 is 21.7 Å². The zero-order valence-electron chi connectivity index (χ0n) is 10.2. The number of carboxylic acids is 1. The number of carbonyl (C=O) groups is 1. The Morgan fingerprint density at radius 1 is 1.45 bits per heavy atom. The molecule has 0 aliphatic carbocycles. The van der Waals surface area contributed by atoms with Gasteiger partial charge in [-0.1, -0.05) is 0 Å². The summed E-state index contributed by atoms with van der Waals surface area (Å²) in [5.74, 6) is -2.04. The number of sulfonamides is 1. The number of aryl methyl sites for hydroxylation is 1. The third-order valence-electron chi connectivity index (χ3n) is 2.42. The van der Waals surface area contributed by atoms with Crippen molar-refractivity contribution in [3.05, 3.63) is 41.6 Å². The number of imidazole rings is 1. The zero-order valence-corrected chi connectivity index (χ0v) is 11.0. The van der Waals surface area contributed by atoms with Gasteiger partial charge in [-0.2, -0.15) is 8.42 Å². The molecule has 3 N–H and O–H groups in total. The average molecular weight is 299 g/mol. The van der Waals surface area contributed by atoms with Crippen molar-refractivity contribution in [3.63, 3.8) is 0 Å². The van der Waals surface area contributed by atoms with Gasteiger partial charge in [0, 0.05) is 0 Å². The van der Waals surface area contributed by atoms with Crippen LogP contribution in [-0.2, 0) is 10.0 Å². The fraction of sp³-hybridized carbons (Fsp3) is 0.0909. The van der Waals surface area contributed by atoms with Crippen molar-refractivity contribution in [1.29, 1.82) is 0 Å². The number of aromatic amines is 1. The summed E-state index contributed by atoms with van der Waals surface area (Å²) in [7, 11) is -3.92. The molecule has 0 saturated carbocycles. The number of hydrogen-bond donors (Lipinski definition) is 3. The lowest BCUT2D eigenvalue weighted by atomic mass is 10.2. The van der Waals surface area contributed by atoms with Crippen molar-refractivity contribution < 1.29 is 22.7 Å². The maximum atomic E-state index is 13.4. The van der Waals surface area contributed by atoms with Gasteiger partial charge in [0.25, 0.3) is 10.0 Å². The third-order valence-corrected chi connectivity index (χ3v) is 3.71. The fourth-order valence-electron chi connectivity index (χ4n) is 1.50. The number of carboxylic acid groups (broad SMARTS) is 1. The summed E-state index contributed by atoms with van der Waals surface area (Å²) in [6.45, 7) is 1.58. The smallest absolute Gasteiger partial charge is 0.338 e. The molecule has 0 bridgehead atoms. The van der Waals surface area contributed by atoms with E-state index in [-0.39, 0.29) is 10.7 Å². The Hall–Kier alpha value is -2.42. The molecule has 0 radical (unpaired) electrons. The van der Waals surface area contributed by atoms with Gasteiger partial charge in [0.1, 0.15) is 11.6 Å². The van der Waals surface area contributed by atoms with Crippen LogP contribution in [0.25, 0.3) is 0 Å². The maximum absolute atomic E-state index is 13.4. The molecular weight excluding hydrogens is 289 g/mol. The van der Waals surface area contributed by atoms with Crippen LogP contribution < -0.4 is 4.72 Å². The van der Waals surface area contributed by atoms with E-state index in [1.54, 1.807) is 6.92 Å². The zero-order chi connectivity index (χ0) is 14.9. The molecule has 1 aromatic carbocycles. The highest BCUT2D eigenvalue weighted by Crippen LogP contribution is 2.18. The normalized spacial score (nSPS) is 11.3. The quantitative estimate of drug-likeness (QED) is 0.789. The first kappa shape index (κ1) is 14.0. The van der Waals surface area contributed by atoms with Gasteiger partial charge in [0.05, 0.1) is 17.4 Å². The van der Waals surface area contributed by atoms with Crippen LogP contribution in [0.1, 0.15) is 16.2 Å². The van der Waals surface area contributed by atoms with Crippen molar-refractivity contribution in [3.8, 4) is 0 Å². The van der Waals surface area contributed by atoms with Crippen LogP contribution in [0, 0.1) is 12.7 Å². The number of benzene rings is 1. The van der Waals surface area contributed by atoms with E-state index in [0.717, 1.165) is 24.4 Å². The second-order valence-corrected chi connectivity index (χ2v) is 5.59. The number of nitrogens with one attached hydrogen (secondary N) is 2. The molecule has 0 unspecified atom stereocenters. The third kappa shape index (κ3) is 2.77. The Labute approximate surface area is 113 Å². The summed E-state index contributed by atoms with van der Waals surface area (Å²) in [4.78, 5) is 16.9. The van der Waals surface area contributed by atoms with E-state index < -0.39 is 27.4 Å². The minimum absolute atomic E-state index is 0.0836. The van der Waals surface area contributed by atoms with Gasteiger partial charge in [0.2, 0.25) is 0 Å². The number of aromatic nitrogens is 2. The molecule has 2 rings (SSSR count). The summed E-state index contributed by atoms with van der Waals surface area (Å²) in [6.07, 6.45) is 1.12. The Kier molecular flexibility index (Phi) is 3.45. The van der Waals surface area contributed by atoms with Gasteiger partial charge in [0.15, 0.2) is 5.03 Å². The molecule has 0 aliphatic heterocycles. The average Bonchev–Trinajstić information content (AvgIpc) is 2.75. The van der Waals surface area contributed by atoms with E-state index >= 15 is 0 Å². The molecule has 0 spiro atoms. The first-order valence-corrected chi connectivity index (χ1v) is 6.85. The summed E-state index contributed by atoms with van der Waals surface area (Å²) in [5, 5.41) is 8.51. The first-order valence-electron chi connectivity index (χ1n) is 5.37. The highest BCUT2D eigenvalue weighted by atomic mass is 32.2. The van der Waals surface area contributed by atoms with Crippen LogP contribution in [0.2, 0.25) is 0 Å². The van der Waals surface area contributed by atoms with Crippen molar-refractivity contribution in [2.45, 2.75) is 11.9 Å². The van der Waals surface area contributed by atoms with Crippen LogP contribution in [0.15, 0.2) is 29.4 Å². The number of anilines is 1. The molecule has 0 saturated heterocycles. The van der Waals surface area contributed by atoms with Gasteiger partial charge in [-0.05, 0) is 25.1 Å². The SMILES string of the molecule is Cc1ncc(S(=O)(=O)Nc2ccc(C(=O)O)c(F)c2)[nH]1. The summed E-state index contributed by atoms with van der Waals surface area (Å²) in [5.41, 5.74) is -0.620. The van der Waals surface area contributed by atoms with E-state index in [0.29, 0.717) is 5.82 Å². The lowest BCUT2D eigenvalue weighted by Crippen LogP contribution is -2.14. The Morgan fingerprint density at radius 2 is 2.15 bits per heavy atom. The monoisotopic (exact) mass is 299 g/mol. The predicted molar refractivity (Wildman–Crippen MR) is 67.5 cm³/mol. The van der Waals surface area contributed by atoms with Crippen LogP contribution in [0.3, 0.4) is 0 Å². The molecule has 1 aromatic heterocycles. The number of aromatic carboxylic acids is 1. The molecule has 1 heterocycles. The largest absolute Gasteiger partial charge is 0.478 e. The Morgan fingerprint density at radius 3 is 2.65 bits per heavy atom. The highest BCUT2D eigenvalue weighted by molar-refractivity contribution is 7.92. The van der Waals surface area contributed by atoms with Crippen molar-refractivity contribution in [1.82, 2.24) is 9.97 Å². The van der Waals surface area contributed by atoms with Crippen LogP contribution in [0.5, 0.6) is 0 Å². The summed E-state index contributed by atoms with van der Waals surface area (Å²) >= 11 is 0. The fourth-order valence-corrected chi connectivity index (χ4v) is 2.52. The second-order valence-electron chi connectivity index (χ2n) is 3.94. The van der Waals surface area contributed by atoms with Crippen molar-refractivity contribution in [2.75, 3.05) is 4.72 Å². The van der Waals surface area contributed by atoms with E-state index in [2.05, 4.69) is 14.7 Å². The van der Waals surface area contributed by atoms with Crippen LogP contribution in [-0.4, -0.2) is 29.5 Å². The van der Waals surface area contributed by atoms with E-state index in [1.807, 2.05) is 0 Å². The molecule has 7 nitrogen and oxygen atoms in total. The molecule has 0 fully saturated rings. The molecule has 9 heteroatoms. The topological polar surface area (TPSA) is 112 Å². The number of nitrogens with zero attached hydrogens (tertiary/aromatic N) is 1. The predicted octanol–water partition coefficient (Wildman–Crippen LogP) is 1.36. The molecule has 106 valence electrons. The number of H-pyrrole nitrogens is 1.